The third-order valence-corrected chi connectivity index (χ3v) is 6.92. The fourth-order valence-electron chi connectivity index (χ4n) is 2.38. The number of halogens is 2. The van der Waals surface area contributed by atoms with Gasteiger partial charge in [0, 0.05) is 22.1 Å². The molecule has 2 rings (SSSR count). The van der Waals surface area contributed by atoms with Crippen LogP contribution in [-0.2, 0) is 10.0 Å². The molecule has 0 radical (unpaired) electrons. The molecule has 1 unspecified atom stereocenters. The summed E-state index contributed by atoms with van der Waals surface area (Å²) in [5.41, 5.74) is 0.860. The first-order chi connectivity index (χ1) is 8.84. The molecule has 0 spiro atoms. The Labute approximate surface area is 128 Å². The lowest BCUT2D eigenvalue weighted by Gasteiger charge is -2.32. The Morgan fingerprint density at radius 1 is 1.37 bits per heavy atom. The van der Waals surface area contributed by atoms with Crippen LogP contribution >= 0.6 is 27.5 Å². The highest BCUT2D eigenvalue weighted by molar-refractivity contribution is 9.10. The second kappa shape index (κ2) is 5.72. The van der Waals surface area contributed by atoms with Crippen LogP contribution in [0.3, 0.4) is 0 Å². The number of benzene rings is 1. The molecule has 3 nitrogen and oxygen atoms in total. The molecule has 1 atom stereocenters. The van der Waals surface area contributed by atoms with E-state index in [1.54, 1.807) is 10.4 Å². The summed E-state index contributed by atoms with van der Waals surface area (Å²) in [4.78, 5) is 0.261. The second-order valence-corrected chi connectivity index (χ2v) is 8.11. The first-order valence-corrected chi connectivity index (χ1v) is 8.92. The van der Waals surface area contributed by atoms with Crippen LogP contribution in [0.4, 0.5) is 0 Å². The summed E-state index contributed by atoms with van der Waals surface area (Å²) in [5, 5.41) is 0.478. The summed E-state index contributed by atoms with van der Waals surface area (Å²) >= 11 is 9.40. The van der Waals surface area contributed by atoms with Crippen LogP contribution in [0.1, 0.15) is 31.7 Å². The van der Waals surface area contributed by atoms with Crippen molar-refractivity contribution in [2.45, 2.75) is 44.0 Å². The van der Waals surface area contributed by atoms with Gasteiger partial charge in [-0.3, -0.25) is 0 Å². The fourth-order valence-corrected chi connectivity index (χ4v) is 5.45. The first kappa shape index (κ1) is 15.3. The molecule has 1 fully saturated rings. The van der Waals surface area contributed by atoms with Crippen LogP contribution in [0.2, 0.25) is 5.02 Å². The van der Waals surface area contributed by atoms with Gasteiger partial charge in [-0.15, -0.1) is 0 Å². The summed E-state index contributed by atoms with van der Waals surface area (Å²) < 4.78 is 27.6. The summed E-state index contributed by atoms with van der Waals surface area (Å²) in [7, 11) is -3.48. The molecule has 1 heterocycles. The highest BCUT2D eigenvalue weighted by Gasteiger charge is 2.32. The Kier molecular flexibility index (Phi) is 4.60. The van der Waals surface area contributed by atoms with Crippen LogP contribution in [0.15, 0.2) is 21.5 Å². The molecule has 0 N–H and O–H groups in total. The number of hydrogen-bond donors (Lipinski definition) is 0. The molecule has 0 aliphatic carbocycles. The van der Waals surface area contributed by atoms with E-state index in [0.717, 1.165) is 24.8 Å². The van der Waals surface area contributed by atoms with E-state index < -0.39 is 10.0 Å². The van der Waals surface area contributed by atoms with Crippen molar-refractivity contribution in [1.29, 1.82) is 0 Å². The van der Waals surface area contributed by atoms with Gasteiger partial charge in [-0.05, 0) is 60.3 Å². The second-order valence-electron chi connectivity index (χ2n) is 4.99. The van der Waals surface area contributed by atoms with Gasteiger partial charge >= 0.3 is 0 Å². The van der Waals surface area contributed by atoms with E-state index in [1.807, 2.05) is 13.8 Å². The molecule has 6 heteroatoms. The maximum absolute atomic E-state index is 12.7. The normalized spacial score (nSPS) is 21.6. The zero-order valence-electron chi connectivity index (χ0n) is 11.0. The van der Waals surface area contributed by atoms with Gasteiger partial charge in [0.25, 0.3) is 0 Å². The minimum absolute atomic E-state index is 0.0470. The predicted octanol–water partition coefficient (Wildman–Crippen LogP) is 3.97. The van der Waals surface area contributed by atoms with Gasteiger partial charge in [0.05, 0.1) is 4.90 Å². The highest BCUT2D eigenvalue weighted by atomic mass is 79.9. The van der Waals surface area contributed by atoms with Crippen LogP contribution in [0.25, 0.3) is 0 Å². The highest BCUT2D eigenvalue weighted by Crippen LogP contribution is 2.33. The van der Waals surface area contributed by atoms with Crippen molar-refractivity contribution < 1.29 is 8.42 Å². The number of nitrogens with zero attached hydrogens (tertiary/aromatic N) is 1. The van der Waals surface area contributed by atoms with Crippen molar-refractivity contribution in [3.63, 3.8) is 0 Å². The van der Waals surface area contributed by atoms with E-state index in [9.17, 15) is 8.42 Å². The standard InChI is InChI=1S/C13H17BrClNO2S/c1-9-7-11(14)13(8-12(9)15)19(17,18)16-6-4-3-5-10(16)2/h7-8,10H,3-6H2,1-2H3. The number of sulfonamides is 1. The third kappa shape index (κ3) is 2.99. The van der Waals surface area contributed by atoms with E-state index in [0.29, 0.717) is 16.0 Å². The summed E-state index contributed by atoms with van der Waals surface area (Å²) in [5.74, 6) is 0. The molecular weight excluding hydrogens is 350 g/mol. The molecule has 19 heavy (non-hydrogen) atoms. The maximum atomic E-state index is 12.7. The smallest absolute Gasteiger partial charge is 0.207 e. The van der Waals surface area contributed by atoms with Gasteiger partial charge in [0.1, 0.15) is 0 Å². The zero-order chi connectivity index (χ0) is 14.2. The quantitative estimate of drug-likeness (QED) is 0.794. The molecule has 1 aromatic carbocycles. The molecule has 1 aromatic rings. The van der Waals surface area contributed by atoms with Crippen molar-refractivity contribution in [2.75, 3.05) is 6.54 Å². The Balaban J connectivity index is 2.47. The van der Waals surface area contributed by atoms with Gasteiger partial charge in [-0.25, -0.2) is 8.42 Å². The monoisotopic (exact) mass is 365 g/mol. The lowest BCUT2D eigenvalue weighted by Crippen LogP contribution is -2.42. The number of rotatable bonds is 2. The predicted molar refractivity (Wildman–Crippen MR) is 81.1 cm³/mol. The van der Waals surface area contributed by atoms with Crippen molar-refractivity contribution >= 4 is 37.6 Å². The van der Waals surface area contributed by atoms with Gasteiger partial charge < -0.3 is 0 Å². The molecule has 0 amide bonds. The molecule has 0 aromatic heterocycles. The molecule has 106 valence electrons. The topological polar surface area (TPSA) is 37.4 Å². The average Bonchev–Trinajstić information content (AvgIpc) is 2.34. The molecular formula is C13H17BrClNO2S. The van der Waals surface area contributed by atoms with E-state index in [1.165, 1.54) is 6.07 Å². The van der Waals surface area contributed by atoms with Crippen molar-refractivity contribution in [3.8, 4) is 0 Å². The summed E-state index contributed by atoms with van der Waals surface area (Å²) in [6.45, 7) is 4.40. The maximum Gasteiger partial charge on any atom is 0.244 e. The van der Waals surface area contributed by atoms with Crippen LogP contribution < -0.4 is 0 Å². The third-order valence-electron chi connectivity index (χ3n) is 3.54. The Morgan fingerprint density at radius 2 is 2.05 bits per heavy atom. The molecule has 0 saturated carbocycles. The first-order valence-electron chi connectivity index (χ1n) is 6.31. The zero-order valence-corrected chi connectivity index (χ0v) is 14.1. The van der Waals surface area contributed by atoms with Crippen LogP contribution in [0.5, 0.6) is 0 Å². The number of hydrogen-bond acceptors (Lipinski definition) is 2. The van der Waals surface area contributed by atoms with E-state index in [4.69, 9.17) is 11.6 Å². The van der Waals surface area contributed by atoms with Crippen molar-refractivity contribution in [1.82, 2.24) is 4.31 Å². The Morgan fingerprint density at radius 3 is 2.68 bits per heavy atom. The van der Waals surface area contributed by atoms with E-state index >= 15 is 0 Å². The van der Waals surface area contributed by atoms with Crippen LogP contribution in [0, 0.1) is 6.92 Å². The summed E-state index contributed by atoms with van der Waals surface area (Å²) in [6.07, 6.45) is 2.92. The fraction of sp³-hybridized carbons (Fsp3) is 0.538. The minimum atomic E-state index is -3.48. The molecule has 1 aliphatic rings. The molecule has 1 aliphatic heterocycles. The Bertz CT molecular complexity index is 589. The number of aryl methyl sites for hydroxylation is 1. The average molecular weight is 367 g/mol. The van der Waals surface area contributed by atoms with Crippen molar-refractivity contribution in [3.05, 3.63) is 27.2 Å². The van der Waals surface area contributed by atoms with E-state index in [-0.39, 0.29) is 10.9 Å². The van der Waals surface area contributed by atoms with Crippen LogP contribution in [-0.4, -0.2) is 25.3 Å². The van der Waals surface area contributed by atoms with Gasteiger partial charge in [-0.2, -0.15) is 4.31 Å². The molecule has 1 saturated heterocycles. The Hall–Kier alpha value is -0.100. The lowest BCUT2D eigenvalue weighted by molar-refractivity contribution is 0.268. The largest absolute Gasteiger partial charge is 0.244 e. The molecule has 0 bridgehead atoms. The van der Waals surface area contributed by atoms with E-state index in [2.05, 4.69) is 15.9 Å². The van der Waals surface area contributed by atoms with Gasteiger partial charge in [-0.1, -0.05) is 18.0 Å². The SMILES string of the molecule is Cc1cc(Br)c(S(=O)(=O)N2CCCCC2C)cc1Cl. The van der Waals surface area contributed by atoms with Gasteiger partial charge in [0.15, 0.2) is 0 Å². The minimum Gasteiger partial charge on any atom is -0.207 e. The summed E-state index contributed by atoms with van der Waals surface area (Å²) in [6, 6.07) is 3.34. The van der Waals surface area contributed by atoms with Gasteiger partial charge in [0.2, 0.25) is 10.0 Å². The lowest BCUT2D eigenvalue weighted by atomic mass is 10.1. The van der Waals surface area contributed by atoms with Crippen molar-refractivity contribution in [2.24, 2.45) is 0 Å². The number of piperidine rings is 1.